The van der Waals surface area contributed by atoms with Crippen LogP contribution in [0.2, 0.25) is 0 Å². The molecule has 2 heterocycles. The number of hydrogen-bond donors (Lipinski definition) is 1. The van der Waals surface area contributed by atoms with E-state index >= 15 is 0 Å². The molecule has 19 heavy (non-hydrogen) atoms. The summed E-state index contributed by atoms with van der Waals surface area (Å²) in [7, 11) is 3.23. The van der Waals surface area contributed by atoms with Gasteiger partial charge in [0.25, 0.3) is 0 Å². The zero-order chi connectivity index (χ0) is 14.2. The second-order valence-corrected chi connectivity index (χ2v) is 4.77. The first-order valence-electron chi connectivity index (χ1n) is 5.77. The first kappa shape index (κ1) is 13.5. The van der Waals surface area contributed by atoms with E-state index in [4.69, 9.17) is 12.2 Å². The van der Waals surface area contributed by atoms with Crippen molar-refractivity contribution in [2.75, 3.05) is 7.11 Å². The maximum atomic E-state index is 11.4. The van der Waals surface area contributed by atoms with Crippen LogP contribution in [0.4, 0.5) is 0 Å². The molecule has 0 unspecified atom stereocenters. The Morgan fingerprint density at radius 1 is 1.37 bits per heavy atom. The number of esters is 1. The van der Waals surface area contributed by atoms with Crippen LogP contribution in [0.3, 0.4) is 0 Å². The topological polar surface area (TPSA) is 59.9 Å². The first-order chi connectivity index (χ1) is 8.95. The Balaban J connectivity index is 2.60. The quantitative estimate of drug-likeness (QED) is 0.677. The molecule has 100 valence electrons. The molecule has 0 aliphatic heterocycles. The zero-order valence-electron chi connectivity index (χ0n) is 11.3. The molecule has 0 aliphatic rings. The largest absolute Gasteiger partial charge is 0.464 e. The number of aromatic nitrogens is 3. The lowest BCUT2D eigenvalue weighted by Gasteiger charge is -2.12. The van der Waals surface area contributed by atoms with Crippen LogP contribution in [0.15, 0.2) is 12.1 Å². The van der Waals surface area contributed by atoms with Crippen LogP contribution in [-0.4, -0.2) is 27.8 Å². The molecule has 5 nitrogen and oxygen atoms in total. The van der Waals surface area contributed by atoms with Crippen molar-refractivity contribution in [3.05, 3.63) is 33.6 Å². The number of nitrogens with zero attached hydrogens (tertiary/aromatic N) is 2. The highest BCUT2D eigenvalue weighted by Crippen LogP contribution is 2.23. The number of ether oxygens (including phenoxy) is 1. The number of carbonyl (C=O) groups is 1. The summed E-state index contributed by atoms with van der Waals surface area (Å²) in [5.74, 6) is -0.440. The Labute approximate surface area is 116 Å². The Kier molecular flexibility index (Phi) is 3.53. The van der Waals surface area contributed by atoms with Gasteiger partial charge in [-0.2, -0.15) is 5.10 Å². The summed E-state index contributed by atoms with van der Waals surface area (Å²) >= 11 is 5.36. The summed E-state index contributed by atoms with van der Waals surface area (Å²) in [4.78, 5) is 11.4. The van der Waals surface area contributed by atoms with E-state index in [0.29, 0.717) is 11.4 Å². The number of carbonyl (C=O) groups excluding carboxylic acids is 1. The minimum Gasteiger partial charge on any atom is -0.464 e. The molecule has 1 N–H and O–H groups in total. The van der Waals surface area contributed by atoms with E-state index in [9.17, 15) is 4.79 Å². The van der Waals surface area contributed by atoms with Crippen LogP contribution < -0.4 is 0 Å². The summed E-state index contributed by atoms with van der Waals surface area (Å²) in [5.41, 5.74) is 3.98. The van der Waals surface area contributed by atoms with Gasteiger partial charge in [-0.25, -0.2) is 4.79 Å². The van der Waals surface area contributed by atoms with Crippen LogP contribution in [0.25, 0.3) is 11.4 Å². The summed E-state index contributed by atoms with van der Waals surface area (Å²) < 4.78 is 7.30. The maximum Gasteiger partial charge on any atom is 0.356 e. The van der Waals surface area contributed by atoms with Gasteiger partial charge < -0.3 is 9.30 Å². The van der Waals surface area contributed by atoms with Crippen molar-refractivity contribution in [1.29, 1.82) is 0 Å². The van der Waals surface area contributed by atoms with Gasteiger partial charge in [0, 0.05) is 13.1 Å². The third-order valence-corrected chi connectivity index (χ3v) is 3.61. The van der Waals surface area contributed by atoms with E-state index in [1.165, 1.54) is 7.11 Å². The van der Waals surface area contributed by atoms with Gasteiger partial charge >= 0.3 is 5.97 Å². The highest BCUT2D eigenvalue weighted by atomic mass is 32.1. The molecular weight excluding hydrogens is 262 g/mol. The third-order valence-electron chi connectivity index (χ3n) is 3.01. The second kappa shape index (κ2) is 4.97. The highest BCUT2D eigenvalue weighted by Gasteiger charge is 2.15. The van der Waals surface area contributed by atoms with E-state index in [0.717, 1.165) is 21.5 Å². The number of rotatable bonds is 2. The molecule has 0 saturated heterocycles. The van der Waals surface area contributed by atoms with E-state index in [2.05, 4.69) is 14.9 Å². The molecule has 0 radical (unpaired) electrons. The zero-order valence-corrected chi connectivity index (χ0v) is 12.1. The number of pyridine rings is 1. The number of hydrogen-bond acceptors (Lipinski definition) is 4. The van der Waals surface area contributed by atoms with Crippen LogP contribution in [0, 0.1) is 18.5 Å². The summed E-state index contributed by atoms with van der Waals surface area (Å²) in [5, 5.41) is 6.83. The molecule has 0 aliphatic carbocycles. The van der Waals surface area contributed by atoms with Crippen molar-refractivity contribution >= 4 is 18.2 Å². The van der Waals surface area contributed by atoms with E-state index in [1.807, 2.05) is 31.5 Å². The van der Waals surface area contributed by atoms with Gasteiger partial charge in [-0.15, -0.1) is 0 Å². The van der Waals surface area contributed by atoms with Crippen molar-refractivity contribution in [3.63, 3.8) is 0 Å². The van der Waals surface area contributed by atoms with Gasteiger partial charge in [-0.1, -0.05) is 18.3 Å². The number of H-pyrrole nitrogens is 1. The summed E-state index contributed by atoms with van der Waals surface area (Å²) in [6.45, 7) is 3.97. The van der Waals surface area contributed by atoms with Crippen molar-refractivity contribution in [2.24, 2.45) is 7.05 Å². The Morgan fingerprint density at radius 2 is 2.05 bits per heavy atom. The van der Waals surface area contributed by atoms with Crippen LogP contribution in [0.1, 0.15) is 21.6 Å². The smallest absolute Gasteiger partial charge is 0.356 e. The lowest BCUT2D eigenvalue weighted by atomic mass is 10.1. The standard InChI is InChI=1S/C13H15N3O2S/c1-7-5-8(2)12(19)16(3)11(7)9-6-10(15-14-9)13(17)18-4/h5-6H,1-4H3,(H,14,15). The van der Waals surface area contributed by atoms with Gasteiger partial charge in [-0.05, 0) is 25.0 Å². The molecular formula is C13H15N3O2S. The van der Waals surface area contributed by atoms with Gasteiger partial charge in [0.15, 0.2) is 0 Å². The normalized spacial score (nSPS) is 10.5. The van der Waals surface area contributed by atoms with Crippen molar-refractivity contribution in [3.8, 4) is 11.4 Å². The van der Waals surface area contributed by atoms with Gasteiger partial charge in [0.1, 0.15) is 16.0 Å². The minimum atomic E-state index is -0.440. The minimum absolute atomic E-state index is 0.323. The lowest BCUT2D eigenvalue weighted by molar-refractivity contribution is 0.0594. The highest BCUT2D eigenvalue weighted by molar-refractivity contribution is 7.71. The number of methoxy groups -OCH3 is 1. The average molecular weight is 277 g/mol. The molecule has 0 aromatic carbocycles. The predicted molar refractivity (Wildman–Crippen MR) is 74.6 cm³/mol. The van der Waals surface area contributed by atoms with Crippen LogP contribution in [-0.2, 0) is 11.8 Å². The first-order valence-corrected chi connectivity index (χ1v) is 6.18. The fraction of sp³-hybridized carbons (Fsp3) is 0.308. The SMILES string of the molecule is COC(=O)c1cc(-c2c(C)cc(C)c(=S)n2C)n[nH]1. The average Bonchev–Trinajstić information content (AvgIpc) is 2.84. The molecule has 2 rings (SSSR count). The number of aromatic amines is 1. The Hall–Kier alpha value is -1.95. The Bertz CT molecular complexity index is 700. The fourth-order valence-electron chi connectivity index (χ4n) is 2.12. The Morgan fingerprint density at radius 3 is 2.68 bits per heavy atom. The van der Waals surface area contributed by atoms with Crippen molar-refractivity contribution < 1.29 is 9.53 Å². The number of nitrogens with one attached hydrogen (secondary N) is 1. The molecule has 0 saturated carbocycles. The van der Waals surface area contributed by atoms with Crippen molar-refractivity contribution in [2.45, 2.75) is 13.8 Å². The molecule has 0 bridgehead atoms. The third kappa shape index (κ3) is 2.31. The summed E-state index contributed by atoms with van der Waals surface area (Å²) in [6.07, 6.45) is 0. The van der Waals surface area contributed by atoms with E-state index in [-0.39, 0.29) is 0 Å². The van der Waals surface area contributed by atoms with Crippen LogP contribution in [0.5, 0.6) is 0 Å². The monoisotopic (exact) mass is 277 g/mol. The molecule has 0 atom stereocenters. The molecule has 2 aromatic rings. The van der Waals surface area contributed by atoms with Gasteiger partial charge in [-0.3, -0.25) is 5.10 Å². The summed E-state index contributed by atoms with van der Waals surface area (Å²) in [6, 6.07) is 3.68. The molecule has 0 fully saturated rings. The van der Waals surface area contributed by atoms with Crippen molar-refractivity contribution in [1.82, 2.24) is 14.8 Å². The molecule has 2 aromatic heterocycles. The molecule has 0 amide bonds. The van der Waals surface area contributed by atoms with Crippen LogP contribution >= 0.6 is 12.2 Å². The van der Waals surface area contributed by atoms with E-state index < -0.39 is 5.97 Å². The van der Waals surface area contributed by atoms with Gasteiger partial charge in [0.05, 0.1) is 12.8 Å². The maximum absolute atomic E-state index is 11.4. The predicted octanol–water partition coefficient (Wildman–Crippen LogP) is 2.55. The second-order valence-electron chi connectivity index (χ2n) is 4.38. The number of aryl methyl sites for hydroxylation is 2. The van der Waals surface area contributed by atoms with Gasteiger partial charge in [0.2, 0.25) is 0 Å². The van der Waals surface area contributed by atoms with E-state index in [1.54, 1.807) is 6.07 Å². The lowest BCUT2D eigenvalue weighted by Crippen LogP contribution is -2.03. The molecule has 6 heteroatoms. The fourth-order valence-corrected chi connectivity index (χ4v) is 2.27. The molecule has 0 spiro atoms.